The summed E-state index contributed by atoms with van der Waals surface area (Å²) in [5.74, 6) is -1.40. The highest BCUT2D eigenvalue weighted by Crippen LogP contribution is 2.30. The molecule has 0 N–H and O–H groups in total. The summed E-state index contributed by atoms with van der Waals surface area (Å²) in [6.45, 7) is 0. The predicted molar refractivity (Wildman–Crippen MR) is 92.5 cm³/mol. The van der Waals surface area contributed by atoms with Crippen molar-refractivity contribution in [3.63, 3.8) is 0 Å². The second kappa shape index (κ2) is 7.35. The first-order valence-electron chi connectivity index (χ1n) is 7.15. The summed E-state index contributed by atoms with van der Waals surface area (Å²) >= 11 is 0. The molecule has 0 saturated carbocycles. The van der Waals surface area contributed by atoms with Gasteiger partial charge in [-0.05, 0) is 30.3 Å². The van der Waals surface area contributed by atoms with Crippen LogP contribution in [0.5, 0.6) is 0 Å². The number of esters is 2. The smallest absolute Gasteiger partial charge is 0.337 e. The number of carbonyl (C=O) groups excluding carboxylic acids is 2. The van der Waals surface area contributed by atoms with Gasteiger partial charge in [0.05, 0.1) is 43.0 Å². The molecule has 0 aliphatic carbocycles. The highest BCUT2D eigenvalue weighted by molar-refractivity contribution is 7.92. The molecule has 0 radical (unpaired) electrons. The molecule has 7 nitrogen and oxygen atoms in total. The highest BCUT2D eigenvalue weighted by atomic mass is 32.2. The summed E-state index contributed by atoms with van der Waals surface area (Å²) in [6.07, 6.45) is 1.03. The number of carbonyl (C=O) groups is 2. The number of methoxy groups -OCH3 is 2. The van der Waals surface area contributed by atoms with E-state index in [0.717, 1.165) is 10.6 Å². The monoisotopic (exact) mass is 363 g/mol. The Morgan fingerprint density at radius 1 is 0.840 bits per heavy atom. The molecule has 0 unspecified atom stereocenters. The first kappa shape index (κ1) is 18.5. The summed E-state index contributed by atoms with van der Waals surface area (Å²) in [6, 6.07) is 12.3. The number of rotatable bonds is 5. The fraction of sp³-hybridized carbons (Fsp3) is 0.176. The van der Waals surface area contributed by atoms with Crippen LogP contribution < -0.4 is 4.31 Å². The molecule has 0 aliphatic rings. The average molecular weight is 363 g/mol. The topological polar surface area (TPSA) is 90.0 Å². The van der Waals surface area contributed by atoms with Crippen molar-refractivity contribution in [3.05, 3.63) is 59.7 Å². The number of anilines is 2. The van der Waals surface area contributed by atoms with Gasteiger partial charge in [-0.25, -0.2) is 22.3 Å². The van der Waals surface area contributed by atoms with Crippen LogP contribution in [0.3, 0.4) is 0 Å². The van der Waals surface area contributed by atoms with E-state index in [-0.39, 0.29) is 16.8 Å². The van der Waals surface area contributed by atoms with Gasteiger partial charge in [-0.2, -0.15) is 0 Å². The summed E-state index contributed by atoms with van der Waals surface area (Å²) in [4.78, 5) is 23.8. The number of hydrogen-bond donors (Lipinski definition) is 0. The predicted octanol–water partition coefficient (Wildman–Crippen LogP) is 2.36. The van der Waals surface area contributed by atoms with Crippen molar-refractivity contribution >= 4 is 33.3 Å². The molecule has 0 heterocycles. The van der Waals surface area contributed by atoms with Crippen molar-refractivity contribution in [1.29, 1.82) is 0 Å². The van der Waals surface area contributed by atoms with Crippen molar-refractivity contribution in [1.82, 2.24) is 0 Å². The van der Waals surface area contributed by atoms with Crippen LogP contribution in [0.15, 0.2) is 48.5 Å². The third kappa shape index (κ3) is 4.16. The molecule has 0 amide bonds. The lowest BCUT2D eigenvalue weighted by atomic mass is 10.1. The van der Waals surface area contributed by atoms with Crippen LogP contribution in [0.25, 0.3) is 0 Å². The van der Waals surface area contributed by atoms with Gasteiger partial charge in [-0.15, -0.1) is 0 Å². The summed E-state index contributed by atoms with van der Waals surface area (Å²) in [5, 5.41) is 0. The first-order chi connectivity index (χ1) is 11.8. The quantitative estimate of drug-likeness (QED) is 0.758. The largest absolute Gasteiger partial charge is 0.465 e. The zero-order valence-electron chi connectivity index (χ0n) is 13.9. The van der Waals surface area contributed by atoms with Crippen LogP contribution in [0, 0.1) is 0 Å². The van der Waals surface area contributed by atoms with Gasteiger partial charge in [0.1, 0.15) is 0 Å². The Morgan fingerprint density at radius 3 is 1.72 bits per heavy atom. The maximum atomic E-state index is 12.3. The zero-order chi connectivity index (χ0) is 18.6. The minimum atomic E-state index is -3.74. The van der Waals surface area contributed by atoms with Crippen molar-refractivity contribution in [2.45, 2.75) is 0 Å². The van der Waals surface area contributed by atoms with Gasteiger partial charge in [0.15, 0.2) is 0 Å². The van der Waals surface area contributed by atoms with Crippen LogP contribution in [-0.4, -0.2) is 40.8 Å². The van der Waals surface area contributed by atoms with Gasteiger partial charge in [-0.3, -0.25) is 0 Å². The molecule has 0 aromatic heterocycles. The third-order valence-corrected chi connectivity index (χ3v) is 4.40. The molecular formula is C17H17NO6S. The van der Waals surface area contributed by atoms with Gasteiger partial charge in [0, 0.05) is 0 Å². The molecule has 25 heavy (non-hydrogen) atoms. The molecule has 2 rings (SSSR count). The molecule has 132 valence electrons. The lowest BCUT2D eigenvalue weighted by Gasteiger charge is -2.23. The van der Waals surface area contributed by atoms with E-state index in [9.17, 15) is 18.0 Å². The Labute approximate surface area is 145 Å². The third-order valence-electron chi connectivity index (χ3n) is 3.32. The zero-order valence-corrected chi connectivity index (χ0v) is 14.7. The molecule has 2 aromatic carbocycles. The maximum Gasteiger partial charge on any atom is 0.337 e. The van der Waals surface area contributed by atoms with E-state index in [1.165, 1.54) is 32.4 Å². The molecule has 0 saturated heterocycles. The van der Waals surface area contributed by atoms with E-state index in [1.54, 1.807) is 30.3 Å². The Kier molecular flexibility index (Phi) is 5.43. The lowest BCUT2D eigenvalue weighted by molar-refractivity contribution is 0.0599. The Bertz CT molecular complexity index is 858. The van der Waals surface area contributed by atoms with Crippen LogP contribution >= 0.6 is 0 Å². The van der Waals surface area contributed by atoms with Gasteiger partial charge in [0.25, 0.3) is 0 Å². The Balaban J connectivity index is 2.72. The van der Waals surface area contributed by atoms with E-state index < -0.39 is 22.0 Å². The minimum absolute atomic E-state index is 0.0324. The molecular weight excluding hydrogens is 346 g/mol. The summed E-state index contributed by atoms with van der Waals surface area (Å²) in [5.41, 5.74) is 0.551. The van der Waals surface area contributed by atoms with E-state index >= 15 is 0 Å². The van der Waals surface area contributed by atoms with Crippen molar-refractivity contribution < 1.29 is 27.5 Å². The van der Waals surface area contributed by atoms with E-state index in [1.807, 2.05) is 0 Å². The molecule has 2 aromatic rings. The second-order valence-electron chi connectivity index (χ2n) is 5.11. The average Bonchev–Trinajstić information content (AvgIpc) is 2.59. The highest BCUT2D eigenvalue weighted by Gasteiger charge is 2.23. The number of nitrogens with zero attached hydrogens (tertiary/aromatic N) is 1. The first-order valence-corrected chi connectivity index (χ1v) is 9.00. The summed E-state index contributed by atoms with van der Waals surface area (Å²) in [7, 11) is -1.35. The lowest BCUT2D eigenvalue weighted by Crippen LogP contribution is -2.25. The molecule has 0 fully saturated rings. The van der Waals surface area contributed by atoms with Gasteiger partial charge in [-0.1, -0.05) is 18.2 Å². The fourth-order valence-electron chi connectivity index (χ4n) is 2.30. The van der Waals surface area contributed by atoms with E-state index in [2.05, 4.69) is 9.47 Å². The Hall–Kier alpha value is -2.87. The minimum Gasteiger partial charge on any atom is -0.465 e. The normalized spacial score (nSPS) is 10.8. The van der Waals surface area contributed by atoms with Crippen LogP contribution in [0.4, 0.5) is 11.4 Å². The SMILES string of the molecule is COC(=O)c1cc(C(=O)OC)cc(N(c2ccccc2)S(C)(=O)=O)c1. The fourth-order valence-corrected chi connectivity index (χ4v) is 3.29. The number of ether oxygens (including phenoxy) is 2. The summed E-state index contributed by atoms with van der Waals surface area (Å²) < 4.78 is 35.0. The number of para-hydroxylation sites is 1. The van der Waals surface area contributed by atoms with Gasteiger partial charge >= 0.3 is 11.9 Å². The Morgan fingerprint density at radius 2 is 1.32 bits per heavy atom. The molecule has 0 atom stereocenters. The standard InChI is InChI=1S/C17H17NO6S/c1-23-16(19)12-9-13(17(20)24-2)11-15(10-12)18(25(3,21)22)14-7-5-4-6-8-14/h4-11H,1-3H3. The number of hydrogen-bond acceptors (Lipinski definition) is 6. The van der Waals surface area contributed by atoms with Crippen LogP contribution in [0.2, 0.25) is 0 Å². The van der Waals surface area contributed by atoms with Gasteiger partial charge in [0.2, 0.25) is 10.0 Å². The van der Waals surface area contributed by atoms with E-state index in [4.69, 9.17) is 0 Å². The molecule has 0 spiro atoms. The van der Waals surface area contributed by atoms with Crippen LogP contribution in [-0.2, 0) is 19.5 Å². The maximum absolute atomic E-state index is 12.3. The van der Waals surface area contributed by atoms with Crippen molar-refractivity contribution in [2.75, 3.05) is 24.8 Å². The molecule has 0 aliphatic heterocycles. The number of benzene rings is 2. The van der Waals surface area contributed by atoms with Crippen LogP contribution in [0.1, 0.15) is 20.7 Å². The number of sulfonamides is 1. The second-order valence-corrected chi connectivity index (χ2v) is 6.95. The van der Waals surface area contributed by atoms with E-state index in [0.29, 0.717) is 5.69 Å². The molecule has 0 bridgehead atoms. The van der Waals surface area contributed by atoms with Gasteiger partial charge < -0.3 is 9.47 Å². The van der Waals surface area contributed by atoms with Crippen molar-refractivity contribution in [2.24, 2.45) is 0 Å². The molecule has 8 heteroatoms. The van der Waals surface area contributed by atoms with Crippen molar-refractivity contribution in [3.8, 4) is 0 Å².